The van der Waals surface area contributed by atoms with Crippen LogP contribution in [0.25, 0.3) is 208 Å². The normalized spacial score (nSPS) is 11.6. The molecular formula is C92H55N19. The highest BCUT2D eigenvalue weighted by molar-refractivity contribution is 6.11. The number of para-hydroxylation sites is 6. The maximum absolute atomic E-state index is 5.28. The van der Waals surface area contributed by atoms with Crippen molar-refractivity contribution in [1.82, 2.24) is 93.4 Å². The van der Waals surface area contributed by atoms with Crippen LogP contribution in [-0.2, 0) is 0 Å². The molecule has 518 valence electrons. The molecule has 0 radical (unpaired) electrons. The smallest absolute Gasteiger partial charge is 0.201 e. The molecule has 111 heavy (non-hydrogen) atoms. The van der Waals surface area contributed by atoms with Gasteiger partial charge in [-0.1, -0.05) is 170 Å². The first-order chi connectivity index (χ1) is 55.0. The second kappa shape index (κ2) is 26.7. The Morgan fingerprint density at radius 2 is 0.559 bits per heavy atom. The summed E-state index contributed by atoms with van der Waals surface area (Å²) in [6, 6.07) is 91.8. The minimum Gasteiger partial charge on any atom is -0.306 e. The Bertz CT molecular complexity index is 7010. The van der Waals surface area contributed by atoms with Crippen LogP contribution in [0, 0.1) is 0 Å². The van der Waals surface area contributed by atoms with Crippen molar-refractivity contribution in [1.29, 1.82) is 0 Å². The molecule has 8 aromatic carbocycles. The summed E-state index contributed by atoms with van der Waals surface area (Å²) in [6.45, 7) is 0. The Morgan fingerprint density at radius 1 is 0.162 bits per heavy atom. The van der Waals surface area contributed by atoms with Crippen LogP contribution in [0.2, 0.25) is 0 Å². The first-order valence-electron chi connectivity index (χ1n) is 36.1. The summed E-state index contributed by atoms with van der Waals surface area (Å²) < 4.78 is 6.57. The molecule has 0 spiro atoms. The Morgan fingerprint density at radius 3 is 1.07 bits per heavy atom. The predicted octanol–water partition coefficient (Wildman–Crippen LogP) is 19.6. The summed E-state index contributed by atoms with van der Waals surface area (Å²) in [5.74, 6) is 2.83. The topological polar surface area (TPSA) is 221 Å². The van der Waals surface area contributed by atoms with Gasteiger partial charge in [0, 0.05) is 79.4 Å². The second-order valence-corrected chi connectivity index (χ2v) is 26.7. The van der Waals surface area contributed by atoms with Crippen molar-refractivity contribution < 1.29 is 0 Å². The van der Waals surface area contributed by atoms with E-state index in [2.05, 4.69) is 169 Å². The molecule has 0 unspecified atom stereocenters. The lowest BCUT2D eigenvalue weighted by Crippen LogP contribution is -2.04. The number of pyridine rings is 5. The summed E-state index contributed by atoms with van der Waals surface area (Å²) in [7, 11) is 0. The van der Waals surface area contributed by atoms with Gasteiger partial charge in [-0.2, -0.15) is 0 Å². The molecule has 19 nitrogen and oxygen atoms in total. The lowest BCUT2D eigenvalue weighted by Gasteiger charge is -2.12. The minimum absolute atomic E-state index is 0.298. The molecule has 0 amide bonds. The molecule has 0 saturated heterocycles. The molecule has 13 heterocycles. The minimum atomic E-state index is 0.298. The van der Waals surface area contributed by atoms with E-state index in [1.165, 1.54) is 10.8 Å². The van der Waals surface area contributed by atoms with Gasteiger partial charge in [0.2, 0.25) is 5.82 Å². The fourth-order valence-electron chi connectivity index (χ4n) is 14.9. The summed E-state index contributed by atoms with van der Waals surface area (Å²) >= 11 is 0. The summed E-state index contributed by atoms with van der Waals surface area (Å²) in [6.07, 6.45) is 18.2. The highest BCUT2D eigenvalue weighted by Gasteiger charge is 2.22. The average Bonchev–Trinajstić information content (AvgIpc) is 1.70. The van der Waals surface area contributed by atoms with Gasteiger partial charge >= 0.3 is 0 Å². The molecule has 0 saturated carbocycles. The van der Waals surface area contributed by atoms with Crippen molar-refractivity contribution >= 4 is 65.4 Å². The van der Waals surface area contributed by atoms with Crippen molar-refractivity contribution in [2.45, 2.75) is 0 Å². The zero-order chi connectivity index (χ0) is 73.3. The second-order valence-electron chi connectivity index (χ2n) is 26.7. The van der Waals surface area contributed by atoms with Gasteiger partial charge < -0.3 is 13.7 Å². The molecule has 0 N–H and O–H groups in total. The third-order valence-corrected chi connectivity index (χ3v) is 20.1. The van der Waals surface area contributed by atoms with E-state index in [9.17, 15) is 0 Å². The number of hydrogen-bond acceptors (Lipinski definition) is 16. The van der Waals surface area contributed by atoms with Gasteiger partial charge in [0.1, 0.15) is 11.4 Å². The predicted molar refractivity (Wildman–Crippen MR) is 434 cm³/mol. The van der Waals surface area contributed by atoms with Gasteiger partial charge in [-0.15, -0.1) is 0 Å². The van der Waals surface area contributed by atoms with E-state index in [0.717, 1.165) is 111 Å². The van der Waals surface area contributed by atoms with E-state index < -0.39 is 0 Å². The zero-order valence-electron chi connectivity index (χ0n) is 58.8. The Hall–Kier alpha value is -15.8. The molecule has 13 aromatic heterocycles. The van der Waals surface area contributed by atoms with Gasteiger partial charge in [0.15, 0.2) is 34.9 Å². The third kappa shape index (κ3) is 11.5. The number of hydrogen-bond donors (Lipinski definition) is 0. The Labute approximate surface area is 632 Å². The SMILES string of the molecule is c1ccc(-c2cc(-c3ncc(-n4c5ccccc5c5ccccc54)cn3)cc(-c3ccc(-c4ccc(-c5nc(-c6cc(-c7cccc(-c8nc(-c9ccccn9)nc(-c9ncc(-n%10c%11ccccc%11c%11ccccc%11%10)cn9)n8)c7)ccn6)cc(-c6ncc(-n7c8ccccc8c8ccccc87)cn6)n5)cc4)cn3)n2)nc1. The molecule has 0 atom stereocenters. The summed E-state index contributed by atoms with van der Waals surface area (Å²) in [4.78, 5) is 79.8. The monoisotopic (exact) mass is 1430 g/mol. The molecule has 21 rings (SSSR count). The average molecular weight is 1430 g/mol. The Kier molecular flexibility index (Phi) is 15.3. The fourth-order valence-corrected chi connectivity index (χ4v) is 14.9. The van der Waals surface area contributed by atoms with Crippen molar-refractivity contribution in [2.24, 2.45) is 0 Å². The van der Waals surface area contributed by atoms with Gasteiger partial charge in [0.05, 0.1) is 122 Å². The molecule has 0 aliphatic rings. The van der Waals surface area contributed by atoms with Gasteiger partial charge in [-0.05, 0) is 120 Å². The molecule has 21 aromatic rings. The van der Waals surface area contributed by atoms with E-state index >= 15 is 0 Å². The van der Waals surface area contributed by atoms with Crippen LogP contribution < -0.4 is 0 Å². The third-order valence-electron chi connectivity index (χ3n) is 20.1. The van der Waals surface area contributed by atoms with Crippen molar-refractivity contribution in [3.8, 4) is 142 Å². The van der Waals surface area contributed by atoms with E-state index in [4.69, 9.17) is 69.8 Å². The van der Waals surface area contributed by atoms with E-state index in [1.54, 1.807) is 18.6 Å². The van der Waals surface area contributed by atoms with Gasteiger partial charge in [-0.25, -0.2) is 59.8 Å². The van der Waals surface area contributed by atoms with E-state index in [-0.39, 0.29) is 0 Å². The van der Waals surface area contributed by atoms with Crippen LogP contribution in [0.1, 0.15) is 0 Å². The van der Waals surface area contributed by atoms with Crippen LogP contribution in [0.15, 0.2) is 335 Å². The van der Waals surface area contributed by atoms with Gasteiger partial charge in [0.25, 0.3) is 0 Å². The maximum Gasteiger partial charge on any atom is 0.201 e. The summed E-state index contributed by atoms with van der Waals surface area (Å²) in [5.41, 5.74) is 19.6. The first kappa shape index (κ1) is 63.7. The number of fused-ring (bicyclic) bond motifs is 9. The molecule has 0 fully saturated rings. The molecular weight excluding hydrogens is 1370 g/mol. The van der Waals surface area contributed by atoms with Crippen molar-refractivity contribution in [2.75, 3.05) is 0 Å². The number of rotatable bonds is 14. The molecule has 0 aliphatic heterocycles. The van der Waals surface area contributed by atoms with Gasteiger partial charge in [-0.3, -0.25) is 19.9 Å². The first-order valence-corrected chi connectivity index (χ1v) is 36.1. The lowest BCUT2D eigenvalue weighted by atomic mass is 10.0. The van der Waals surface area contributed by atoms with E-state index in [0.29, 0.717) is 86.3 Å². The standard InChI is InChI=1S/C92H55N19/c1-7-28-80-66(20-1)67-21-2-8-29-81(67)109(80)63-50-97-86(98-51-63)62-46-76(72-26-13-15-41-93-72)103-77(47-62)73-39-38-61(49-96-73)56-34-36-57(37-35-56)87-104-78(48-79(105-87)89-99-52-64(53-100-89)110-82-30-9-3-22-68(82)69-23-4-10-31-83(69)110)75-45-59(40-43-95-75)58-18-17-19-60(44-58)88-106-90(74-27-14-16-42-94-74)108-92(107-88)91-101-54-65(55-102-91)111-84-32-11-5-24-70(84)71-25-6-12-33-85(71)111/h1-55H. The van der Waals surface area contributed by atoms with Crippen LogP contribution in [0.5, 0.6) is 0 Å². The Balaban J connectivity index is 0.611. The molecule has 0 aliphatic carbocycles. The highest BCUT2D eigenvalue weighted by atomic mass is 15.1. The largest absolute Gasteiger partial charge is 0.306 e. The molecule has 19 heteroatoms. The molecule has 0 bridgehead atoms. The number of aromatic nitrogens is 19. The van der Waals surface area contributed by atoms with Crippen LogP contribution in [0.4, 0.5) is 0 Å². The van der Waals surface area contributed by atoms with Crippen molar-refractivity contribution in [3.05, 3.63) is 335 Å². The summed E-state index contributed by atoms with van der Waals surface area (Å²) in [5, 5.41) is 6.90. The van der Waals surface area contributed by atoms with E-state index in [1.807, 2.05) is 171 Å². The van der Waals surface area contributed by atoms with Crippen LogP contribution >= 0.6 is 0 Å². The fraction of sp³-hybridized carbons (Fsp3) is 0. The number of nitrogens with zero attached hydrogens (tertiary/aromatic N) is 19. The van der Waals surface area contributed by atoms with Crippen LogP contribution in [0.3, 0.4) is 0 Å². The lowest BCUT2D eigenvalue weighted by molar-refractivity contribution is 1.01. The number of benzene rings is 8. The zero-order valence-corrected chi connectivity index (χ0v) is 58.8. The quantitative estimate of drug-likeness (QED) is 0.0987. The van der Waals surface area contributed by atoms with Crippen LogP contribution in [-0.4, -0.2) is 93.4 Å². The maximum atomic E-state index is 5.28. The highest BCUT2D eigenvalue weighted by Crippen LogP contribution is 2.39. The van der Waals surface area contributed by atoms with Crippen molar-refractivity contribution in [3.63, 3.8) is 0 Å².